The van der Waals surface area contributed by atoms with E-state index in [1.54, 1.807) is 6.07 Å². The molecule has 1 aliphatic rings. The third-order valence-corrected chi connectivity index (χ3v) is 7.21. The number of carbonyl (C=O) groups is 1. The Kier molecular flexibility index (Phi) is 10.2. The lowest BCUT2D eigenvalue weighted by Crippen LogP contribution is -2.39. The molecule has 1 aliphatic heterocycles. The summed E-state index contributed by atoms with van der Waals surface area (Å²) in [7, 11) is 0. The van der Waals surface area contributed by atoms with Crippen molar-refractivity contribution in [1.29, 1.82) is 0 Å². The zero-order valence-corrected chi connectivity index (χ0v) is 21.5. The van der Waals surface area contributed by atoms with Crippen LogP contribution in [0.3, 0.4) is 0 Å². The van der Waals surface area contributed by atoms with Gasteiger partial charge in [-0.3, -0.25) is 9.69 Å². The molecule has 0 spiro atoms. The number of aliphatic hydroxyl groups is 1. The summed E-state index contributed by atoms with van der Waals surface area (Å²) in [4.78, 5) is 13.4. The largest absolute Gasteiger partial charge is 0.481 e. The average molecular weight is 508 g/mol. The first kappa shape index (κ1) is 27.0. The average Bonchev–Trinajstić information content (AvgIpc) is 3.22. The summed E-state index contributed by atoms with van der Waals surface area (Å²) in [6, 6.07) is 12.2. The quantitative estimate of drug-likeness (QED) is 0.376. The molecule has 1 fully saturated rings. The van der Waals surface area contributed by atoms with Crippen LogP contribution in [0.25, 0.3) is 0 Å². The maximum absolute atomic E-state index is 11.1. The molecule has 3 rings (SSSR count). The molecule has 0 radical (unpaired) electrons. The Hall–Kier alpha value is -1.63. The number of rotatable bonds is 12. The number of aliphatic hydroxyl groups excluding tert-OH is 1. The lowest BCUT2D eigenvalue weighted by atomic mass is 9.97. The fourth-order valence-electron chi connectivity index (χ4n) is 4.73. The maximum atomic E-state index is 11.1. The highest BCUT2D eigenvalue weighted by atomic mass is 35.5. The molecule has 0 bridgehead atoms. The van der Waals surface area contributed by atoms with Crippen LogP contribution in [-0.2, 0) is 22.4 Å². The predicted octanol–water partition coefficient (Wildman–Crippen LogP) is 5.85. The van der Waals surface area contributed by atoms with E-state index in [4.69, 9.17) is 33.0 Å². The minimum absolute atomic E-state index is 0.0367. The molecule has 0 unspecified atom stereocenters. The Morgan fingerprint density at radius 1 is 1.24 bits per heavy atom. The summed E-state index contributed by atoms with van der Waals surface area (Å²) in [5, 5.41) is 21.2. The standard InChI is InChI=1S/C27H35Cl2NO4/c1-3-26(24-10-9-21(28)15-20(24)8-11-27(32)33)34-17-23(31)16-30-12-4-5-22(30)13-19-7-6-18(2)25(29)14-19/h6-7,9-10,14-15,22-23,26,31H,3-5,8,11-13,16-17H2,1-2H3,(H,32,33)/t22-,23+,26+/m0/s1. The van der Waals surface area contributed by atoms with E-state index < -0.39 is 12.1 Å². The van der Waals surface area contributed by atoms with E-state index in [9.17, 15) is 9.90 Å². The third-order valence-electron chi connectivity index (χ3n) is 6.57. The van der Waals surface area contributed by atoms with E-state index in [1.165, 1.54) is 5.56 Å². The van der Waals surface area contributed by atoms with Gasteiger partial charge in [0.1, 0.15) is 0 Å². The molecular weight excluding hydrogens is 473 g/mol. The number of aliphatic carboxylic acids is 1. The van der Waals surface area contributed by atoms with Gasteiger partial charge >= 0.3 is 5.97 Å². The highest BCUT2D eigenvalue weighted by molar-refractivity contribution is 6.31. The number of β-amino-alcohol motifs (C(OH)–C–C–N with tert-alkyl or cyclic N) is 1. The van der Waals surface area contributed by atoms with Crippen molar-refractivity contribution < 1.29 is 19.7 Å². The molecule has 7 heteroatoms. The van der Waals surface area contributed by atoms with Gasteiger partial charge in [-0.2, -0.15) is 0 Å². The van der Waals surface area contributed by atoms with Crippen molar-refractivity contribution in [1.82, 2.24) is 4.90 Å². The molecule has 0 amide bonds. The molecule has 3 atom stereocenters. The van der Waals surface area contributed by atoms with Crippen LogP contribution < -0.4 is 0 Å². The number of hydrogen-bond acceptors (Lipinski definition) is 4. The topological polar surface area (TPSA) is 70.0 Å². The SMILES string of the molecule is CC[C@@H](OC[C@H](O)CN1CCC[C@H]1Cc1ccc(C)c(Cl)c1)c1ccc(Cl)cc1CCC(=O)O. The third kappa shape index (κ3) is 7.69. The highest BCUT2D eigenvalue weighted by Crippen LogP contribution is 2.29. The van der Waals surface area contributed by atoms with Crippen LogP contribution in [0.5, 0.6) is 0 Å². The number of likely N-dealkylation sites (tertiary alicyclic amines) is 1. The number of halogens is 2. The van der Waals surface area contributed by atoms with E-state index in [2.05, 4.69) is 17.0 Å². The van der Waals surface area contributed by atoms with Crippen molar-refractivity contribution in [3.63, 3.8) is 0 Å². The predicted molar refractivity (Wildman–Crippen MR) is 137 cm³/mol. The fraction of sp³-hybridized carbons (Fsp3) is 0.519. The molecule has 0 aromatic heterocycles. The molecule has 1 saturated heterocycles. The first-order valence-electron chi connectivity index (χ1n) is 12.1. The van der Waals surface area contributed by atoms with Crippen LogP contribution in [0.4, 0.5) is 0 Å². The van der Waals surface area contributed by atoms with Gasteiger partial charge < -0.3 is 14.9 Å². The normalized spacial score (nSPS) is 18.2. The van der Waals surface area contributed by atoms with Crippen LogP contribution >= 0.6 is 23.2 Å². The highest BCUT2D eigenvalue weighted by Gasteiger charge is 2.27. The fourth-order valence-corrected chi connectivity index (χ4v) is 5.12. The minimum Gasteiger partial charge on any atom is -0.481 e. The zero-order chi connectivity index (χ0) is 24.7. The van der Waals surface area contributed by atoms with Crippen LogP contribution in [0, 0.1) is 6.92 Å². The summed E-state index contributed by atoms with van der Waals surface area (Å²) in [5.41, 5.74) is 4.13. The second-order valence-electron chi connectivity index (χ2n) is 9.20. The van der Waals surface area contributed by atoms with Gasteiger partial charge in [0.15, 0.2) is 0 Å². The van der Waals surface area contributed by atoms with Gasteiger partial charge in [0, 0.05) is 29.1 Å². The lowest BCUT2D eigenvalue weighted by Gasteiger charge is -2.28. The van der Waals surface area contributed by atoms with Crippen LogP contribution in [0.1, 0.15) is 61.0 Å². The van der Waals surface area contributed by atoms with Crippen molar-refractivity contribution in [2.24, 2.45) is 0 Å². The number of carboxylic acids is 1. The van der Waals surface area contributed by atoms with Crippen molar-refractivity contribution in [3.8, 4) is 0 Å². The molecular formula is C27H35Cl2NO4. The van der Waals surface area contributed by atoms with E-state index >= 15 is 0 Å². The molecule has 34 heavy (non-hydrogen) atoms. The smallest absolute Gasteiger partial charge is 0.303 e. The Bertz CT molecular complexity index is 968. The van der Waals surface area contributed by atoms with E-state index in [1.807, 2.05) is 32.0 Å². The molecule has 0 saturated carbocycles. The molecule has 2 aromatic carbocycles. The number of ether oxygens (including phenoxy) is 1. The number of hydrogen-bond donors (Lipinski definition) is 2. The maximum Gasteiger partial charge on any atom is 0.303 e. The number of nitrogens with zero attached hydrogens (tertiary/aromatic N) is 1. The van der Waals surface area contributed by atoms with Gasteiger partial charge in [-0.1, -0.05) is 48.3 Å². The van der Waals surface area contributed by atoms with Crippen molar-refractivity contribution in [2.75, 3.05) is 19.7 Å². The van der Waals surface area contributed by atoms with E-state index in [-0.39, 0.29) is 19.1 Å². The summed E-state index contributed by atoms with van der Waals surface area (Å²) in [6.45, 7) is 5.78. The summed E-state index contributed by atoms with van der Waals surface area (Å²) < 4.78 is 6.13. The Morgan fingerprint density at radius 2 is 2.03 bits per heavy atom. The Balaban J connectivity index is 1.57. The molecule has 2 N–H and O–H groups in total. The van der Waals surface area contributed by atoms with Gasteiger partial charge in [-0.25, -0.2) is 0 Å². The van der Waals surface area contributed by atoms with E-state index in [0.717, 1.165) is 53.9 Å². The molecule has 1 heterocycles. The summed E-state index contributed by atoms with van der Waals surface area (Å²) in [5.74, 6) is -0.844. The number of benzene rings is 2. The molecule has 0 aliphatic carbocycles. The summed E-state index contributed by atoms with van der Waals surface area (Å²) in [6.07, 6.45) is 3.46. The van der Waals surface area contributed by atoms with Crippen LogP contribution in [-0.4, -0.2) is 52.9 Å². The number of aryl methyl sites for hydroxylation is 2. The van der Waals surface area contributed by atoms with Gasteiger partial charge in [0.05, 0.1) is 18.8 Å². The first-order chi connectivity index (χ1) is 16.3. The minimum atomic E-state index is -0.844. The van der Waals surface area contributed by atoms with Gasteiger partial charge in [0.25, 0.3) is 0 Å². The second-order valence-corrected chi connectivity index (χ2v) is 10.0. The Morgan fingerprint density at radius 3 is 2.74 bits per heavy atom. The van der Waals surface area contributed by atoms with Gasteiger partial charge in [-0.15, -0.1) is 0 Å². The van der Waals surface area contributed by atoms with Gasteiger partial charge in [0.2, 0.25) is 0 Å². The van der Waals surface area contributed by atoms with Crippen molar-refractivity contribution in [3.05, 3.63) is 68.7 Å². The number of carboxylic acid groups (broad SMARTS) is 1. The first-order valence-corrected chi connectivity index (χ1v) is 12.8. The van der Waals surface area contributed by atoms with Crippen molar-refractivity contribution in [2.45, 2.75) is 70.6 Å². The summed E-state index contributed by atoms with van der Waals surface area (Å²) >= 11 is 12.5. The van der Waals surface area contributed by atoms with Crippen LogP contribution in [0.2, 0.25) is 10.0 Å². The van der Waals surface area contributed by atoms with Crippen LogP contribution in [0.15, 0.2) is 36.4 Å². The Labute approximate surface area is 212 Å². The molecule has 186 valence electrons. The second kappa shape index (κ2) is 12.9. The molecule has 5 nitrogen and oxygen atoms in total. The lowest BCUT2D eigenvalue weighted by molar-refractivity contribution is -0.136. The molecule has 2 aromatic rings. The van der Waals surface area contributed by atoms with Crippen molar-refractivity contribution >= 4 is 29.2 Å². The zero-order valence-electron chi connectivity index (χ0n) is 20.0. The van der Waals surface area contributed by atoms with Gasteiger partial charge in [-0.05, 0) is 86.0 Å². The monoisotopic (exact) mass is 507 g/mol. The van der Waals surface area contributed by atoms with E-state index in [0.29, 0.717) is 24.0 Å².